The number of sulfone groups is 1. The summed E-state index contributed by atoms with van der Waals surface area (Å²) in [6.07, 6.45) is 0. The van der Waals surface area contributed by atoms with Crippen molar-refractivity contribution >= 4 is 38.1 Å². The van der Waals surface area contributed by atoms with Gasteiger partial charge >= 0.3 is 0 Å². The molecule has 0 saturated carbocycles. The number of hydrogen-bond donors (Lipinski definition) is 0. The van der Waals surface area contributed by atoms with Crippen LogP contribution in [-0.2, 0) is 9.84 Å². The number of thioether (sulfide) groups is 1. The van der Waals surface area contributed by atoms with Crippen molar-refractivity contribution in [2.75, 3.05) is 25.6 Å². The van der Waals surface area contributed by atoms with Crippen LogP contribution < -0.4 is 0 Å². The summed E-state index contributed by atoms with van der Waals surface area (Å²) in [7, 11) is 0.934. The molecule has 0 aromatic carbocycles. The molecule has 14 heavy (non-hydrogen) atoms. The number of hydrogen-bond acceptors (Lipinski definition) is 5. The average Bonchev–Trinajstić information content (AvgIpc) is 2.37. The lowest BCUT2D eigenvalue weighted by molar-refractivity contribution is 0.0874. The Kier molecular flexibility index (Phi) is 2.53. The van der Waals surface area contributed by atoms with Crippen LogP contribution in [0.3, 0.4) is 0 Å². The van der Waals surface area contributed by atoms with Crippen molar-refractivity contribution in [1.29, 1.82) is 0 Å². The molecule has 2 aliphatic heterocycles. The molecular weight excluding hydrogens is 240 g/mol. The molecule has 2 rings (SSSR count). The van der Waals surface area contributed by atoms with E-state index in [1.165, 1.54) is 11.8 Å². The third kappa shape index (κ3) is 1.66. The SMILES string of the molecule is CN(C)N1C(=S)S[C@@H]2CS(=O)(=O)C[C@@H]21. The first-order valence-electron chi connectivity index (χ1n) is 4.28. The van der Waals surface area contributed by atoms with Crippen LogP contribution in [0, 0.1) is 0 Å². The maximum Gasteiger partial charge on any atom is 0.153 e. The van der Waals surface area contributed by atoms with Crippen LogP contribution in [-0.4, -0.2) is 59.6 Å². The molecule has 0 unspecified atom stereocenters. The normalized spacial score (nSPS) is 35.4. The van der Waals surface area contributed by atoms with E-state index in [1.807, 2.05) is 24.1 Å². The lowest BCUT2D eigenvalue weighted by Crippen LogP contribution is -2.45. The van der Waals surface area contributed by atoms with Gasteiger partial charge in [-0.05, 0) is 0 Å². The molecule has 0 N–H and O–H groups in total. The summed E-state index contributed by atoms with van der Waals surface area (Å²) in [5, 5.41) is 3.92. The van der Waals surface area contributed by atoms with Gasteiger partial charge in [-0.15, -0.1) is 0 Å². The molecule has 2 atom stereocenters. The van der Waals surface area contributed by atoms with Crippen molar-refractivity contribution in [2.24, 2.45) is 0 Å². The third-order valence-electron chi connectivity index (χ3n) is 2.46. The highest BCUT2D eigenvalue weighted by atomic mass is 32.2. The quantitative estimate of drug-likeness (QED) is 0.610. The van der Waals surface area contributed by atoms with Gasteiger partial charge in [0.25, 0.3) is 0 Å². The van der Waals surface area contributed by atoms with E-state index >= 15 is 0 Å². The predicted octanol–water partition coefficient (Wildman–Crippen LogP) is -0.0377. The molecule has 0 radical (unpaired) electrons. The van der Waals surface area contributed by atoms with E-state index in [-0.39, 0.29) is 22.8 Å². The van der Waals surface area contributed by atoms with Crippen LogP contribution >= 0.6 is 24.0 Å². The third-order valence-corrected chi connectivity index (χ3v) is 6.03. The van der Waals surface area contributed by atoms with Gasteiger partial charge in [0.05, 0.1) is 17.5 Å². The Morgan fingerprint density at radius 2 is 2.14 bits per heavy atom. The van der Waals surface area contributed by atoms with Crippen LogP contribution in [0.1, 0.15) is 0 Å². The molecule has 7 heteroatoms. The van der Waals surface area contributed by atoms with Crippen molar-refractivity contribution in [2.45, 2.75) is 11.3 Å². The molecule has 2 fully saturated rings. The maximum atomic E-state index is 11.4. The van der Waals surface area contributed by atoms with E-state index in [0.717, 1.165) is 4.32 Å². The van der Waals surface area contributed by atoms with Crippen LogP contribution in [0.15, 0.2) is 0 Å². The van der Waals surface area contributed by atoms with Crippen molar-refractivity contribution in [3.8, 4) is 0 Å². The van der Waals surface area contributed by atoms with E-state index in [0.29, 0.717) is 0 Å². The minimum absolute atomic E-state index is 0.0486. The van der Waals surface area contributed by atoms with Gasteiger partial charge in [0, 0.05) is 19.3 Å². The van der Waals surface area contributed by atoms with Crippen LogP contribution in [0.5, 0.6) is 0 Å². The summed E-state index contributed by atoms with van der Waals surface area (Å²) in [5.74, 6) is 0.510. The second-order valence-electron chi connectivity index (χ2n) is 3.76. The van der Waals surface area contributed by atoms with Crippen molar-refractivity contribution in [3.63, 3.8) is 0 Å². The summed E-state index contributed by atoms with van der Waals surface area (Å²) in [6, 6.07) is 0.0486. The summed E-state index contributed by atoms with van der Waals surface area (Å²) in [5.41, 5.74) is 0. The molecule has 0 aliphatic carbocycles. The Balaban J connectivity index is 2.26. The molecule has 80 valence electrons. The Labute approximate surface area is 93.5 Å². The van der Waals surface area contributed by atoms with Gasteiger partial charge in [0.15, 0.2) is 14.2 Å². The van der Waals surface area contributed by atoms with E-state index in [1.54, 1.807) is 0 Å². The number of thiocarbonyl (C=S) groups is 1. The molecule has 2 heterocycles. The second-order valence-corrected chi connectivity index (χ2v) is 7.79. The predicted molar refractivity (Wildman–Crippen MR) is 61.9 cm³/mol. The van der Waals surface area contributed by atoms with Gasteiger partial charge in [-0.1, -0.05) is 24.0 Å². The molecule has 4 nitrogen and oxygen atoms in total. The molecule has 0 bridgehead atoms. The van der Waals surface area contributed by atoms with Crippen molar-refractivity contribution < 1.29 is 8.42 Å². The molecule has 0 aromatic rings. The monoisotopic (exact) mass is 252 g/mol. The molecule has 0 aromatic heterocycles. The second kappa shape index (κ2) is 3.33. The topological polar surface area (TPSA) is 40.6 Å². The molecule has 2 aliphatic rings. The maximum absolute atomic E-state index is 11.4. The number of nitrogens with zero attached hydrogens (tertiary/aromatic N) is 2. The van der Waals surface area contributed by atoms with Gasteiger partial charge < -0.3 is 0 Å². The first-order chi connectivity index (χ1) is 6.41. The Morgan fingerprint density at radius 1 is 1.50 bits per heavy atom. The first kappa shape index (κ1) is 10.7. The zero-order valence-electron chi connectivity index (χ0n) is 8.00. The first-order valence-corrected chi connectivity index (χ1v) is 7.39. The van der Waals surface area contributed by atoms with Crippen LogP contribution in [0.25, 0.3) is 0 Å². The minimum Gasteiger partial charge on any atom is -0.286 e. The summed E-state index contributed by atoms with van der Waals surface area (Å²) in [6.45, 7) is 0. The van der Waals surface area contributed by atoms with Crippen molar-refractivity contribution in [1.82, 2.24) is 10.0 Å². The average molecular weight is 252 g/mol. The molecule has 0 spiro atoms. The fraction of sp³-hybridized carbons (Fsp3) is 0.857. The van der Waals surface area contributed by atoms with Crippen LogP contribution in [0.2, 0.25) is 0 Å². The highest BCUT2D eigenvalue weighted by Crippen LogP contribution is 2.38. The fourth-order valence-corrected chi connectivity index (χ4v) is 6.39. The number of rotatable bonds is 1. The zero-order valence-corrected chi connectivity index (χ0v) is 10.5. The highest BCUT2D eigenvalue weighted by Gasteiger charge is 2.48. The highest BCUT2D eigenvalue weighted by molar-refractivity contribution is 8.24. The lowest BCUT2D eigenvalue weighted by Gasteiger charge is -2.30. The van der Waals surface area contributed by atoms with E-state index in [4.69, 9.17) is 12.2 Å². The van der Waals surface area contributed by atoms with E-state index in [9.17, 15) is 8.42 Å². The van der Waals surface area contributed by atoms with Gasteiger partial charge in [0.2, 0.25) is 0 Å². The Hall–Kier alpha value is 0.150. The number of hydrazine groups is 1. The summed E-state index contributed by atoms with van der Waals surface area (Å²) >= 11 is 6.71. The molecular formula is C7H12N2O2S3. The minimum atomic E-state index is -2.84. The van der Waals surface area contributed by atoms with Crippen LogP contribution in [0.4, 0.5) is 0 Å². The van der Waals surface area contributed by atoms with Gasteiger partial charge in [0.1, 0.15) is 0 Å². The van der Waals surface area contributed by atoms with Gasteiger partial charge in [-0.25, -0.2) is 13.4 Å². The fourth-order valence-electron chi connectivity index (χ4n) is 1.92. The Bertz CT molecular complexity index is 365. The number of fused-ring (bicyclic) bond motifs is 1. The largest absolute Gasteiger partial charge is 0.286 e. The van der Waals surface area contributed by atoms with Gasteiger partial charge in [-0.2, -0.15) is 0 Å². The summed E-state index contributed by atoms with van der Waals surface area (Å²) < 4.78 is 23.6. The standard InChI is InChI=1S/C7H12N2O2S3/c1-8(2)9-5-3-14(10,11)4-6(5)13-7(9)12/h5-6H,3-4H2,1-2H3/t5-,6+/m0/s1. The van der Waals surface area contributed by atoms with Crippen molar-refractivity contribution in [3.05, 3.63) is 0 Å². The lowest BCUT2D eigenvalue weighted by atomic mass is 10.2. The summed E-state index contributed by atoms with van der Waals surface area (Å²) in [4.78, 5) is 0. The van der Waals surface area contributed by atoms with Gasteiger partial charge in [-0.3, -0.25) is 5.01 Å². The zero-order chi connectivity index (χ0) is 10.5. The van der Waals surface area contributed by atoms with E-state index < -0.39 is 9.84 Å². The molecule has 2 saturated heterocycles. The Morgan fingerprint density at radius 3 is 2.71 bits per heavy atom. The molecule has 0 amide bonds. The van der Waals surface area contributed by atoms with E-state index in [2.05, 4.69) is 0 Å². The smallest absolute Gasteiger partial charge is 0.153 e.